The Morgan fingerprint density at radius 1 is 1.17 bits per heavy atom. The van der Waals surface area contributed by atoms with Gasteiger partial charge in [0.25, 0.3) is 0 Å². The molecule has 4 heteroatoms. The minimum Gasteiger partial charge on any atom is 1.00 e. The van der Waals surface area contributed by atoms with E-state index in [9.17, 15) is 0 Å². The van der Waals surface area contributed by atoms with Gasteiger partial charge in [0.15, 0.2) is 0 Å². The van der Waals surface area contributed by atoms with Crippen molar-refractivity contribution in [2.45, 2.75) is 0 Å². The molecule has 0 saturated carbocycles. The SMILES string of the molecule is N#[C][Au-][C]#N.[K+]. The Morgan fingerprint density at radius 2 is 1.50 bits per heavy atom. The second kappa shape index (κ2) is 9.61. The van der Waals surface area contributed by atoms with Crippen LogP contribution in [0.4, 0.5) is 0 Å². The van der Waals surface area contributed by atoms with E-state index in [-0.39, 0.29) is 51.4 Å². The van der Waals surface area contributed by atoms with Gasteiger partial charge in [-0.15, -0.1) is 0 Å². The first-order valence-corrected chi connectivity index (χ1v) is 2.92. The Kier molecular flexibility index (Phi) is 16.6. The zero-order valence-electron chi connectivity index (χ0n) is 3.20. The summed E-state index contributed by atoms with van der Waals surface area (Å²) >= 11 is -0.670. The summed E-state index contributed by atoms with van der Waals surface area (Å²) in [6.07, 6.45) is 0. The average Bonchev–Trinajstić information content (AvgIpc) is 1.41. The van der Waals surface area contributed by atoms with Gasteiger partial charge < -0.3 is 0 Å². The molecule has 0 amide bonds. The minimum absolute atomic E-state index is 0. The van der Waals surface area contributed by atoms with Crippen LogP contribution in [0.1, 0.15) is 0 Å². The van der Waals surface area contributed by atoms with Gasteiger partial charge in [-0.25, -0.2) is 0 Å². The molecule has 0 aromatic carbocycles. The number of hydrogen-bond acceptors (Lipinski definition) is 2. The van der Waals surface area contributed by atoms with Crippen molar-refractivity contribution in [3.8, 4) is 8.57 Å². The maximum absolute atomic E-state index is 7.64. The van der Waals surface area contributed by atoms with Crippen LogP contribution in [-0.2, 0) is 19.8 Å². The summed E-state index contributed by atoms with van der Waals surface area (Å²) < 4.78 is 3.51. The van der Waals surface area contributed by atoms with E-state index in [1.807, 2.05) is 0 Å². The molecule has 30 valence electrons. The number of nitrogens with zero attached hydrogens (tertiary/aromatic N) is 2. The Balaban J connectivity index is 0. The summed E-state index contributed by atoms with van der Waals surface area (Å²) in [6, 6.07) is 0. The first-order valence-electron chi connectivity index (χ1n) is 0.749. The van der Waals surface area contributed by atoms with Gasteiger partial charge in [0, 0.05) is 0 Å². The van der Waals surface area contributed by atoms with Crippen molar-refractivity contribution in [2.75, 3.05) is 0 Å². The quantitative estimate of drug-likeness (QED) is 0.447. The summed E-state index contributed by atoms with van der Waals surface area (Å²) in [5.74, 6) is 0. The van der Waals surface area contributed by atoms with Crippen molar-refractivity contribution in [3.05, 3.63) is 0 Å². The Bertz CT molecular complexity index is 76.7. The Hall–Kier alpha value is 1.36. The van der Waals surface area contributed by atoms with Crippen LogP contribution < -0.4 is 51.4 Å². The van der Waals surface area contributed by atoms with Gasteiger partial charge in [0.2, 0.25) is 0 Å². The fourth-order valence-electron chi connectivity index (χ4n) is 0.0151. The molecule has 0 N–H and O–H groups in total. The molecule has 0 spiro atoms. The van der Waals surface area contributed by atoms with Gasteiger partial charge >= 0.3 is 90.2 Å². The molecule has 0 aromatic heterocycles. The largest absolute Gasteiger partial charge is 1.00 e. The van der Waals surface area contributed by atoms with Crippen molar-refractivity contribution in [3.63, 3.8) is 0 Å². The van der Waals surface area contributed by atoms with E-state index in [1.165, 1.54) is 0 Å². The molecule has 0 aliphatic carbocycles. The van der Waals surface area contributed by atoms with Gasteiger partial charge in [0.1, 0.15) is 0 Å². The van der Waals surface area contributed by atoms with E-state index in [2.05, 4.69) is 0 Å². The smallest absolute Gasteiger partial charge is 1.00 e. The van der Waals surface area contributed by atoms with Crippen molar-refractivity contribution >= 4 is 0 Å². The standard InChI is InChI=1S/2CN.Au.K/c2*1-2;;/q;;-1;+1. The first kappa shape index (κ1) is 10.4. The molecule has 0 rings (SSSR count). The number of hydrogen-bond donors (Lipinski definition) is 0. The van der Waals surface area contributed by atoms with E-state index >= 15 is 0 Å². The fourth-order valence-corrected chi connectivity index (χ4v) is 0.123. The monoisotopic (exact) mass is 288 g/mol. The third-order valence-electron chi connectivity index (χ3n) is 0.0674. The van der Waals surface area contributed by atoms with Crippen LogP contribution in [0.2, 0.25) is 0 Å². The van der Waals surface area contributed by atoms with Crippen LogP contribution in [0.5, 0.6) is 0 Å². The second-order valence-electron chi connectivity index (χ2n) is 0.210. The van der Waals surface area contributed by atoms with Crippen LogP contribution in [0, 0.1) is 19.1 Å². The second-order valence-corrected chi connectivity index (χ2v) is 1.72. The van der Waals surface area contributed by atoms with E-state index < -0.39 is 19.8 Å². The van der Waals surface area contributed by atoms with Crippen LogP contribution >= 0.6 is 0 Å². The molecule has 0 atom stereocenters. The van der Waals surface area contributed by atoms with Gasteiger partial charge in [0.05, 0.1) is 0 Å². The number of rotatable bonds is 0. The van der Waals surface area contributed by atoms with E-state index in [0.29, 0.717) is 0 Å². The molecule has 0 aromatic rings. The molecule has 0 bridgehead atoms. The van der Waals surface area contributed by atoms with Crippen molar-refractivity contribution < 1.29 is 71.1 Å². The predicted molar refractivity (Wildman–Crippen MR) is 11.2 cm³/mol. The van der Waals surface area contributed by atoms with Crippen LogP contribution in [0.25, 0.3) is 0 Å². The maximum Gasteiger partial charge on any atom is 1.00 e. The van der Waals surface area contributed by atoms with Crippen molar-refractivity contribution in [1.29, 1.82) is 10.5 Å². The molecular weight excluding hydrogens is 288 g/mol. The molecule has 0 saturated heterocycles. The average molecular weight is 288 g/mol. The summed E-state index contributed by atoms with van der Waals surface area (Å²) in [5, 5.41) is 15.3. The number of nitriles is 2. The molecule has 0 radical (unpaired) electrons. The summed E-state index contributed by atoms with van der Waals surface area (Å²) in [4.78, 5) is 0. The Labute approximate surface area is 88.3 Å². The van der Waals surface area contributed by atoms with E-state index in [0.717, 1.165) is 0 Å². The zero-order valence-corrected chi connectivity index (χ0v) is 8.49. The molecule has 6 heavy (non-hydrogen) atoms. The van der Waals surface area contributed by atoms with Crippen LogP contribution in [0.3, 0.4) is 0 Å². The van der Waals surface area contributed by atoms with Crippen molar-refractivity contribution in [2.24, 2.45) is 0 Å². The molecule has 0 fully saturated rings. The van der Waals surface area contributed by atoms with Gasteiger partial charge in [-0.1, -0.05) is 0 Å². The predicted octanol–water partition coefficient (Wildman–Crippen LogP) is -2.96. The van der Waals surface area contributed by atoms with Crippen LogP contribution in [0.15, 0.2) is 0 Å². The molecule has 0 aliphatic heterocycles. The molecular formula is C2AuKN2. The third-order valence-corrected chi connectivity index (χ3v) is 0.552. The summed E-state index contributed by atoms with van der Waals surface area (Å²) in [7, 11) is 0. The normalized spacial score (nSPS) is 4.33. The van der Waals surface area contributed by atoms with Crippen molar-refractivity contribution in [1.82, 2.24) is 0 Å². The molecule has 0 heterocycles. The first-order chi connectivity index (χ1) is 2.41. The molecule has 0 aliphatic rings. The molecule has 0 unspecified atom stereocenters. The van der Waals surface area contributed by atoms with Gasteiger partial charge in [-0.3, -0.25) is 0 Å². The van der Waals surface area contributed by atoms with Gasteiger partial charge in [-0.05, 0) is 0 Å². The van der Waals surface area contributed by atoms with Crippen LogP contribution in [-0.4, -0.2) is 0 Å². The molecule has 2 nitrogen and oxygen atoms in total. The van der Waals surface area contributed by atoms with Gasteiger partial charge in [-0.2, -0.15) is 0 Å². The zero-order chi connectivity index (χ0) is 4.12. The van der Waals surface area contributed by atoms with E-state index in [4.69, 9.17) is 10.5 Å². The third kappa shape index (κ3) is 9.02. The minimum atomic E-state index is -0.670. The fraction of sp³-hybridized carbons (Fsp3) is 0. The Morgan fingerprint density at radius 3 is 1.50 bits per heavy atom. The maximum atomic E-state index is 7.64. The summed E-state index contributed by atoms with van der Waals surface area (Å²) in [5.41, 5.74) is 0. The topological polar surface area (TPSA) is 47.6 Å². The summed E-state index contributed by atoms with van der Waals surface area (Å²) in [6.45, 7) is 0. The van der Waals surface area contributed by atoms with E-state index in [1.54, 1.807) is 8.57 Å².